The summed E-state index contributed by atoms with van der Waals surface area (Å²) in [6.07, 6.45) is 8.76. The third-order valence-electron chi connectivity index (χ3n) is 3.84. The fraction of sp³-hybridized carbons (Fsp3) is 0.938. The van der Waals surface area contributed by atoms with E-state index in [9.17, 15) is 4.79 Å². The molecule has 1 saturated carbocycles. The van der Waals surface area contributed by atoms with Gasteiger partial charge in [-0.25, -0.2) is 4.79 Å². The number of unbranched alkanes of at least 4 members (excludes halogenated alkanes) is 2. The van der Waals surface area contributed by atoms with Gasteiger partial charge in [-0.1, -0.05) is 19.3 Å². The first-order chi connectivity index (χ1) is 9.40. The summed E-state index contributed by atoms with van der Waals surface area (Å²) >= 11 is 0. The highest BCUT2D eigenvalue weighted by Crippen LogP contribution is 2.28. The maximum absolute atomic E-state index is 11.7. The lowest BCUT2D eigenvalue weighted by molar-refractivity contribution is 0.0486. The minimum Gasteiger partial charge on any atom is -0.444 e. The van der Waals surface area contributed by atoms with Crippen LogP contribution in [0.3, 0.4) is 0 Å². The third kappa shape index (κ3) is 7.73. The predicted octanol–water partition coefficient (Wildman–Crippen LogP) is 3.62. The van der Waals surface area contributed by atoms with Gasteiger partial charge in [0.25, 0.3) is 0 Å². The van der Waals surface area contributed by atoms with E-state index in [2.05, 4.69) is 5.32 Å². The number of carbonyl (C=O) groups is 1. The van der Waals surface area contributed by atoms with Crippen molar-refractivity contribution in [1.29, 1.82) is 0 Å². The number of aliphatic hydroxyl groups is 1. The second-order valence-electron chi connectivity index (χ2n) is 6.94. The number of ether oxygens (including phenoxy) is 1. The summed E-state index contributed by atoms with van der Waals surface area (Å²) < 4.78 is 5.29. The molecule has 0 heterocycles. The first-order valence-electron chi connectivity index (χ1n) is 8.01. The average molecular weight is 285 g/mol. The molecule has 1 rings (SSSR count). The molecule has 0 spiro atoms. The molecule has 0 saturated heterocycles. The van der Waals surface area contributed by atoms with E-state index in [4.69, 9.17) is 9.84 Å². The molecule has 20 heavy (non-hydrogen) atoms. The molecule has 0 bridgehead atoms. The minimum absolute atomic E-state index is 0.276. The predicted molar refractivity (Wildman–Crippen MR) is 80.7 cm³/mol. The fourth-order valence-corrected chi connectivity index (χ4v) is 2.79. The number of carbonyl (C=O) groups excluding carboxylic acids is 1. The van der Waals surface area contributed by atoms with Gasteiger partial charge in [0.2, 0.25) is 0 Å². The molecule has 1 amide bonds. The molecule has 0 aliphatic heterocycles. The van der Waals surface area contributed by atoms with E-state index in [-0.39, 0.29) is 12.1 Å². The van der Waals surface area contributed by atoms with E-state index in [1.165, 1.54) is 25.7 Å². The second kappa shape index (κ2) is 8.50. The number of hydrogen-bond donors (Lipinski definition) is 2. The van der Waals surface area contributed by atoms with Gasteiger partial charge in [0.1, 0.15) is 5.60 Å². The lowest BCUT2D eigenvalue weighted by Crippen LogP contribution is -2.40. The molecule has 2 N–H and O–H groups in total. The number of amides is 1. The molecule has 0 aromatic carbocycles. The Morgan fingerprint density at radius 1 is 1.15 bits per heavy atom. The molecule has 1 fully saturated rings. The van der Waals surface area contributed by atoms with Crippen LogP contribution in [0.2, 0.25) is 0 Å². The first kappa shape index (κ1) is 17.3. The highest BCUT2D eigenvalue weighted by Gasteiger charge is 2.24. The Morgan fingerprint density at radius 3 is 2.35 bits per heavy atom. The van der Waals surface area contributed by atoms with Crippen LogP contribution in [-0.2, 0) is 4.74 Å². The standard InChI is InChI=1S/C16H31NO3/c1-16(2,3)20-15(19)17-14-10-8-13(9-11-14)7-5-4-6-12-18/h13-14,18H,4-12H2,1-3H3,(H,17,19). The first-order valence-corrected chi connectivity index (χ1v) is 8.01. The number of nitrogens with one attached hydrogen (secondary N) is 1. The van der Waals surface area contributed by atoms with Gasteiger partial charge < -0.3 is 15.2 Å². The summed E-state index contributed by atoms with van der Waals surface area (Å²) in [6, 6.07) is 0.276. The van der Waals surface area contributed by atoms with E-state index < -0.39 is 5.60 Å². The van der Waals surface area contributed by atoms with Gasteiger partial charge in [0.15, 0.2) is 0 Å². The van der Waals surface area contributed by atoms with Crippen molar-refractivity contribution in [2.24, 2.45) is 5.92 Å². The van der Waals surface area contributed by atoms with Crippen molar-refractivity contribution < 1.29 is 14.6 Å². The molecule has 0 unspecified atom stereocenters. The Hall–Kier alpha value is -0.770. The minimum atomic E-state index is -0.423. The van der Waals surface area contributed by atoms with Crippen molar-refractivity contribution in [3.63, 3.8) is 0 Å². The third-order valence-corrected chi connectivity index (χ3v) is 3.84. The summed E-state index contributed by atoms with van der Waals surface area (Å²) in [6.45, 7) is 5.97. The van der Waals surface area contributed by atoms with E-state index in [0.29, 0.717) is 6.61 Å². The molecule has 0 radical (unpaired) electrons. The summed E-state index contributed by atoms with van der Waals surface area (Å²) in [5, 5.41) is 11.7. The number of rotatable bonds is 6. The van der Waals surface area contributed by atoms with Gasteiger partial charge in [-0.3, -0.25) is 0 Å². The zero-order valence-corrected chi connectivity index (χ0v) is 13.3. The second-order valence-corrected chi connectivity index (χ2v) is 6.94. The molecular formula is C16H31NO3. The summed E-state index contributed by atoms with van der Waals surface area (Å²) in [7, 11) is 0. The van der Waals surface area contributed by atoms with Crippen molar-refractivity contribution in [2.45, 2.75) is 83.8 Å². The molecule has 118 valence electrons. The van der Waals surface area contributed by atoms with Crippen LogP contribution in [0, 0.1) is 5.92 Å². The van der Waals surface area contributed by atoms with Crippen LogP contribution in [0.15, 0.2) is 0 Å². The van der Waals surface area contributed by atoms with Crippen LogP contribution in [0.5, 0.6) is 0 Å². The lowest BCUT2D eigenvalue weighted by Gasteiger charge is -2.30. The maximum Gasteiger partial charge on any atom is 0.407 e. The summed E-state index contributed by atoms with van der Waals surface area (Å²) in [5.74, 6) is 0.797. The number of hydrogen-bond acceptors (Lipinski definition) is 3. The Bertz CT molecular complexity index is 278. The fourth-order valence-electron chi connectivity index (χ4n) is 2.79. The van der Waals surface area contributed by atoms with Crippen LogP contribution in [0.25, 0.3) is 0 Å². The molecule has 0 atom stereocenters. The zero-order chi connectivity index (χ0) is 15.0. The van der Waals surface area contributed by atoms with E-state index >= 15 is 0 Å². The van der Waals surface area contributed by atoms with Crippen LogP contribution in [-0.4, -0.2) is 29.4 Å². The Labute approximate surface area is 123 Å². The van der Waals surface area contributed by atoms with Crippen molar-refractivity contribution in [2.75, 3.05) is 6.61 Å². The van der Waals surface area contributed by atoms with E-state index in [1.54, 1.807) is 0 Å². The molecule has 1 aliphatic carbocycles. The average Bonchev–Trinajstić information content (AvgIpc) is 2.34. The van der Waals surface area contributed by atoms with Gasteiger partial charge in [-0.15, -0.1) is 0 Å². The van der Waals surface area contributed by atoms with Gasteiger partial charge >= 0.3 is 6.09 Å². The van der Waals surface area contributed by atoms with Crippen molar-refractivity contribution in [3.8, 4) is 0 Å². The Kier molecular flexibility index (Phi) is 7.35. The maximum atomic E-state index is 11.7. The largest absolute Gasteiger partial charge is 0.444 e. The molecule has 4 heteroatoms. The molecular weight excluding hydrogens is 254 g/mol. The topological polar surface area (TPSA) is 58.6 Å². The Balaban J connectivity index is 2.14. The number of alkyl carbamates (subject to hydrolysis) is 1. The van der Waals surface area contributed by atoms with Crippen molar-refractivity contribution in [1.82, 2.24) is 5.32 Å². The Morgan fingerprint density at radius 2 is 1.80 bits per heavy atom. The highest BCUT2D eigenvalue weighted by molar-refractivity contribution is 5.68. The normalized spacial score (nSPS) is 23.4. The van der Waals surface area contributed by atoms with Crippen LogP contribution in [0.1, 0.15) is 72.1 Å². The van der Waals surface area contributed by atoms with Gasteiger partial charge in [-0.2, -0.15) is 0 Å². The monoisotopic (exact) mass is 285 g/mol. The molecule has 0 aromatic rings. The quantitative estimate of drug-likeness (QED) is 0.733. The zero-order valence-electron chi connectivity index (χ0n) is 13.3. The SMILES string of the molecule is CC(C)(C)OC(=O)NC1CCC(CCCCCO)CC1. The van der Waals surface area contributed by atoms with Gasteiger partial charge in [0, 0.05) is 12.6 Å². The number of aliphatic hydroxyl groups excluding tert-OH is 1. The summed E-state index contributed by atoms with van der Waals surface area (Å²) in [5.41, 5.74) is -0.423. The summed E-state index contributed by atoms with van der Waals surface area (Å²) in [4.78, 5) is 11.7. The molecule has 0 aromatic heterocycles. The van der Waals surface area contributed by atoms with Crippen LogP contribution in [0.4, 0.5) is 4.79 Å². The van der Waals surface area contributed by atoms with E-state index in [0.717, 1.165) is 31.6 Å². The highest BCUT2D eigenvalue weighted by atomic mass is 16.6. The van der Waals surface area contributed by atoms with Crippen LogP contribution < -0.4 is 5.32 Å². The van der Waals surface area contributed by atoms with Gasteiger partial charge in [-0.05, 0) is 58.8 Å². The van der Waals surface area contributed by atoms with Crippen molar-refractivity contribution >= 4 is 6.09 Å². The smallest absolute Gasteiger partial charge is 0.407 e. The molecule has 4 nitrogen and oxygen atoms in total. The molecule has 1 aliphatic rings. The van der Waals surface area contributed by atoms with Gasteiger partial charge in [0.05, 0.1) is 0 Å². The van der Waals surface area contributed by atoms with Crippen LogP contribution >= 0.6 is 0 Å². The van der Waals surface area contributed by atoms with E-state index in [1.807, 2.05) is 20.8 Å². The van der Waals surface area contributed by atoms with Crippen molar-refractivity contribution in [3.05, 3.63) is 0 Å². The lowest BCUT2D eigenvalue weighted by atomic mass is 9.83.